The predicted octanol–water partition coefficient (Wildman–Crippen LogP) is 1.85. The molecule has 0 aliphatic heterocycles. The Bertz CT molecular complexity index is 364. The Kier molecular flexibility index (Phi) is 4.77. The molecule has 0 saturated heterocycles. The smallest absolute Gasteiger partial charge is 0.305 e. The first-order valence-corrected chi connectivity index (χ1v) is 6.22. The number of carbonyl (C=O) groups is 2. The Morgan fingerprint density at radius 3 is 2.73 bits per heavy atom. The highest BCUT2D eigenvalue weighted by atomic mass is 79.9. The summed E-state index contributed by atoms with van der Waals surface area (Å²) in [5.41, 5.74) is 0. The first kappa shape index (κ1) is 12.2. The lowest BCUT2D eigenvalue weighted by molar-refractivity contribution is -0.136. The van der Waals surface area contributed by atoms with E-state index in [9.17, 15) is 9.59 Å². The van der Waals surface area contributed by atoms with E-state index in [2.05, 4.69) is 21.2 Å². The van der Waals surface area contributed by atoms with Crippen molar-refractivity contribution in [3.05, 3.63) is 21.9 Å². The molecule has 1 heterocycles. The van der Waals surface area contributed by atoms with Gasteiger partial charge in [-0.1, -0.05) is 15.9 Å². The average Bonchev–Trinajstić information content (AvgIpc) is 2.65. The fraction of sp³-hybridized carbons (Fsp3) is 0.333. The molecule has 1 amide bonds. The second-order valence-corrected chi connectivity index (χ2v) is 4.53. The van der Waals surface area contributed by atoms with E-state index in [1.807, 2.05) is 6.07 Å². The van der Waals surface area contributed by atoms with Crippen LogP contribution in [0, 0.1) is 0 Å². The van der Waals surface area contributed by atoms with Gasteiger partial charge >= 0.3 is 5.97 Å². The van der Waals surface area contributed by atoms with Crippen LogP contribution >= 0.6 is 27.3 Å². The Balaban J connectivity index is 2.43. The summed E-state index contributed by atoms with van der Waals surface area (Å²) in [6.45, 7) is 0.162. The molecule has 0 fully saturated rings. The van der Waals surface area contributed by atoms with Crippen molar-refractivity contribution in [3.63, 3.8) is 0 Å². The Labute approximate surface area is 99.4 Å². The number of amides is 1. The minimum atomic E-state index is -0.914. The first-order chi connectivity index (χ1) is 7.13. The maximum atomic E-state index is 11.4. The van der Waals surface area contributed by atoms with Crippen LogP contribution in [0.4, 0.5) is 0 Å². The van der Waals surface area contributed by atoms with Gasteiger partial charge in [0, 0.05) is 16.8 Å². The molecule has 1 aromatic rings. The average molecular weight is 292 g/mol. The third-order valence-electron chi connectivity index (χ3n) is 1.64. The van der Waals surface area contributed by atoms with Crippen molar-refractivity contribution in [3.8, 4) is 0 Å². The van der Waals surface area contributed by atoms with E-state index in [1.54, 1.807) is 6.07 Å². The topological polar surface area (TPSA) is 66.4 Å². The molecule has 0 unspecified atom stereocenters. The quantitative estimate of drug-likeness (QED) is 0.814. The molecular weight excluding hydrogens is 282 g/mol. The Hall–Kier alpha value is -0.880. The maximum absolute atomic E-state index is 11.4. The van der Waals surface area contributed by atoms with Gasteiger partial charge in [-0.2, -0.15) is 0 Å². The van der Waals surface area contributed by atoms with Crippen molar-refractivity contribution in [1.29, 1.82) is 0 Å². The van der Waals surface area contributed by atoms with Crippen LogP contribution in [0.15, 0.2) is 12.1 Å². The SMILES string of the molecule is O=C(O)CCNC(=O)c1ccc(CBr)s1. The predicted molar refractivity (Wildman–Crippen MR) is 61.5 cm³/mol. The first-order valence-electron chi connectivity index (χ1n) is 4.28. The normalized spacial score (nSPS) is 9.93. The minimum absolute atomic E-state index is 0.0532. The fourth-order valence-corrected chi connectivity index (χ4v) is 2.25. The van der Waals surface area contributed by atoms with Gasteiger partial charge in [-0.25, -0.2) is 0 Å². The lowest BCUT2D eigenvalue weighted by Gasteiger charge is -1.99. The van der Waals surface area contributed by atoms with E-state index in [0.717, 1.165) is 10.2 Å². The van der Waals surface area contributed by atoms with E-state index in [0.29, 0.717) is 4.88 Å². The highest BCUT2D eigenvalue weighted by Gasteiger charge is 2.08. The summed E-state index contributed by atoms with van der Waals surface area (Å²) < 4.78 is 0. The number of thiophene rings is 1. The second kappa shape index (κ2) is 5.87. The lowest BCUT2D eigenvalue weighted by atomic mass is 10.4. The third kappa shape index (κ3) is 4.01. The highest BCUT2D eigenvalue weighted by Crippen LogP contribution is 2.18. The summed E-state index contributed by atoms with van der Waals surface area (Å²) in [5, 5.41) is 11.6. The van der Waals surface area contributed by atoms with Crippen LogP contribution in [0.2, 0.25) is 0 Å². The van der Waals surface area contributed by atoms with Gasteiger partial charge in [-0.15, -0.1) is 11.3 Å². The molecule has 4 nitrogen and oxygen atoms in total. The van der Waals surface area contributed by atoms with Crippen LogP contribution in [0.1, 0.15) is 21.0 Å². The van der Waals surface area contributed by atoms with Gasteiger partial charge in [0.2, 0.25) is 0 Å². The number of nitrogens with one attached hydrogen (secondary N) is 1. The summed E-state index contributed by atoms with van der Waals surface area (Å²) in [7, 11) is 0. The van der Waals surface area contributed by atoms with Gasteiger partial charge in [0.05, 0.1) is 11.3 Å². The molecule has 15 heavy (non-hydrogen) atoms. The highest BCUT2D eigenvalue weighted by molar-refractivity contribution is 9.08. The van der Waals surface area contributed by atoms with Crippen LogP contribution in [0.25, 0.3) is 0 Å². The van der Waals surface area contributed by atoms with Crippen LogP contribution in [0.3, 0.4) is 0 Å². The molecule has 6 heteroatoms. The van der Waals surface area contributed by atoms with Crippen molar-refractivity contribution < 1.29 is 14.7 Å². The van der Waals surface area contributed by atoms with Crippen molar-refractivity contribution in [2.45, 2.75) is 11.8 Å². The summed E-state index contributed by atoms with van der Waals surface area (Å²) in [5.74, 6) is -1.13. The molecule has 0 atom stereocenters. The standard InChI is InChI=1S/C9H10BrNO3S/c10-5-6-1-2-7(15-6)9(14)11-4-3-8(12)13/h1-2H,3-5H2,(H,11,14)(H,12,13). The number of rotatable bonds is 5. The number of alkyl halides is 1. The fourth-order valence-electron chi connectivity index (χ4n) is 0.942. The van der Waals surface area contributed by atoms with E-state index in [-0.39, 0.29) is 18.9 Å². The van der Waals surface area contributed by atoms with Gasteiger partial charge in [0.25, 0.3) is 5.91 Å². The number of halogens is 1. The number of aliphatic carboxylic acids is 1. The van der Waals surface area contributed by atoms with Gasteiger partial charge in [0.1, 0.15) is 0 Å². The molecule has 0 aliphatic carbocycles. The zero-order chi connectivity index (χ0) is 11.3. The number of hydrogen-bond acceptors (Lipinski definition) is 3. The van der Waals surface area contributed by atoms with Gasteiger partial charge < -0.3 is 10.4 Å². The van der Waals surface area contributed by atoms with Crippen molar-refractivity contribution in [1.82, 2.24) is 5.32 Å². The van der Waals surface area contributed by atoms with E-state index >= 15 is 0 Å². The van der Waals surface area contributed by atoms with Crippen LogP contribution in [-0.2, 0) is 10.1 Å². The molecule has 82 valence electrons. The van der Waals surface area contributed by atoms with Crippen molar-refractivity contribution >= 4 is 39.1 Å². The molecule has 2 N–H and O–H groups in total. The number of carboxylic acids is 1. The molecule has 0 aliphatic rings. The molecule has 0 saturated carbocycles. The molecule has 0 aromatic carbocycles. The maximum Gasteiger partial charge on any atom is 0.305 e. The second-order valence-electron chi connectivity index (χ2n) is 2.80. The van der Waals surface area contributed by atoms with Crippen LogP contribution in [-0.4, -0.2) is 23.5 Å². The summed E-state index contributed by atoms with van der Waals surface area (Å²) in [6.07, 6.45) is -0.0532. The number of carboxylic acid groups (broad SMARTS) is 1. The minimum Gasteiger partial charge on any atom is -0.481 e. The summed E-state index contributed by atoms with van der Waals surface area (Å²) >= 11 is 4.69. The lowest BCUT2D eigenvalue weighted by Crippen LogP contribution is -2.25. The molecule has 1 rings (SSSR count). The third-order valence-corrected chi connectivity index (χ3v) is 3.70. The molecule has 0 spiro atoms. The van der Waals surface area contributed by atoms with E-state index < -0.39 is 5.97 Å². The number of hydrogen-bond donors (Lipinski definition) is 2. The zero-order valence-electron chi connectivity index (χ0n) is 7.83. The van der Waals surface area contributed by atoms with Crippen LogP contribution in [0.5, 0.6) is 0 Å². The Morgan fingerprint density at radius 2 is 2.20 bits per heavy atom. The van der Waals surface area contributed by atoms with E-state index in [4.69, 9.17) is 5.11 Å². The number of carbonyl (C=O) groups excluding carboxylic acids is 1. The molecule has 1 aromatic heterocycles. The molecule has 0 radical (unpaired) electrons. The van der Waals surface area contributed by atoms with E-state index in [1.165, 1.54) is 11.3 Å². The summed E-state index contributed by atoms with van der Waals surface area (Å²) in [6, 6.07) is 3.60. The Morgan fingerprint density at radius 1 is 1.47 bits per heavy atom. The summed E-state index contributed by atoms with van der Waals surface area (Å²) in [4.78, 5) is 23.3. The largest absolute Gasteiger partial charge is 0.481 e. The van der Waals surface area contributed by atoms with Gasteiger partial charge in [-0.3, -0.25) is 9.59 Å². The molecular formula is C9H10BrNO3S. The zero-order valence-corrected chi connectivity index (χ0v) is 10.2. The van der Waals surface area contributed by atoms with Crippen LogP contribution < -0.4 is 5.32 Å². The van der Waals surface area contributed by atoms with Crippen molar-refractivity contribution in [2.75, 3.05) is 6.54 Å². The van der Waals surface area contributed by atoms with Gasteiger partial charge in [0.15, 0.2) is 0 Å². The van der Waals surface area contributed by atoms with Gasteiger partial charge in [-0.05, 0) is 12.1 Å². The van der Waals surface area contributed by atoms with Crippen molar-refractivity contribution in [2.24, 2.45) is 0 Å². The molecule has 0 bridgehead atoms. The monoisotopic (exact) mass is 291 g/mol.